The van der Waals surface area contributed by atoms with Crippen LogP contribution in [-0.2, 0) is 7.05 Å². The molecule has 2 rings (SSSR count). The molecule has 1 aromatic carbocycles. The zero-order valence-corrected chi connectivity index (χ0v) is 12.0. The van der Waals surface area contributed by atoms with Gasteiger partial charge < -0.3 is 5.11 Å². The molecule has 0 bridgehead atoms. The van der Waals surface area contributed by atoms with E-state index < -0.39 is 11.9 Å². The third kappa shape index (κ3) is 2.29. The van der Waals surface area contributed by atoms with E-state index in [1.165, 1.54) is 6.07 Å². The quantitative estimate of drug-likeness (QED) is 0.889. The first kappa shape index (κ1) is 12.7. The highest BCUT2D eigenvalue weighted by Crippen LogP contribution is 2.33. The molecule has 1 unspecified atom stereocenters. The highest BCUT2D eigenvalue weighted by molar-refractivity contribution is 9.10. The first-order valence-electron chi connectivity index (χ1n) is 4.81. The van der Waals surface area contributed by atoms with Gasteiger partial charge in [0.2, 0.25) is 0 Å². The van der Waals surface area contributed by atoms with Crippen LogP contribution >= 0.6 is 31.9 Å². The minimum atomic E-state index is -0.943. The molecule has 0 amide bonds. The van der Waals surface area contributed by atoms with Gasteiger partial charge in [-0.15, -0.1) is 0 Å². The van der Waals surface area contributed by atoms with Gasteiger partial charge >= 0.3 is 0 Å². The van der Waals surface area contributed by atoms with Crippen molar-refractivity contribution in [2.45, 2.75) is 6.10 Å². The number of rotatable bonds is 2. The molecule has 0 aliphatic carbocycles. The van der Waals surface area contributed by atoms with E-state index in [1.807, 2.05) is 0 Å². The number of aromatic nitrogens is 2. The molecule has 90 valence electrons. The fraction of sp³-hybridized carbons (Fsp3) is 0.182. The van der Waals surface area contributed by atoms with Crippen molar-refractivity contribution in [3.05, 3.63) is 50.4 Å². The molecular formula is C11H9Br2FN2O. The second kappa shape index (κ2) is 4.88. The molecule has 2 aromatic rings. The predicted octanol–water partition coefficient (Wildman–Crippen LogP) is 3.17. The third-order valence-corrected chi connectivity index (χ3v) is 3.92. The van der Waals surface area contributed by atoms with Crippen molar-refractivity contribution in [2.75, 3.05) is 0 Å². The maximum absolute atomic E-state index is 13.4. The number of nitrogens with zero attached hydrogens (tertiary/aromatic N) is 2. The largest absolute Gasteiger partial charge is 0.382 e. The van der Waals surface area contributed by atoms with Crippen LogP contribution in [-0.4, -0.2) is 14.9 Å². The Morgan fingerprint density at radius 2 is 2.12 bits per heavy atom. The number of aliphatic hydroxyl groups excluding tert-OH is 1. The Labute approximate surface area is 115 Å². The van der Waals surface area contributed by atoms with Crippen LogP contribution in [0.25, 0.3) is 0 Å². The van der Waals surface area contributed by atoms with Gasteiger partial charge in [0, 0.05) is 12.6 Å². The molecule has 1 atom stereocenters. The van der Waals surface area contributed by atoms with Gasteiger partial charge in [0.05, 0.1) is 20.8 Å². The molecule has 0 aliphatic heterocycles. The van der Waals surface area contributed by atoms with Crippen molar-refractivity contribution in [1.82, 2.24) is 9.78 Å². The second-order valence-electron chi connectivity index (χ2n) is 3.55. The molecule has 0 fully saturated rings. The number of aliphatic hydroxyl groups is 1. The molecule has 1 N–H and O–H groups in total. The van der Waals surface area contributed by atoms with E-state index in [-0.39, 0.29) is 4.47 Å². The van der Waals surface area contributed by atoms with E-state index in [4.69, 9.17) is 0 Å². The first-order valence-corrected chi connectivity index (χ1v) is 6.40. The highest BCUT2D eigenvalue weighted by Gasteiger charge is 2.21. The van der Waals surface area contributed by atoms with E-state index in [9.17, 15) is 9.50 Å². The maximum Gasteiger partial charge on any atom is 0.137 e. The second-order valence-corrected chi connectivity index (χ2v) is 5.19. The Balaban J connectivity index is 2.51. The molecule has 1 aromatic heterocycles. The van der Waals surface area contributed by atoms with E-state index in [0.717, 1.165) is 0 Å². The van der Waals surface area contributed by atoms with Crippen molar-refractivity contribution in [2.24, 2.45) is 7.05 Å². The summed E-state index contributed by atoms with van der Waals surface area (Å²) < 4.78 is 15.9. The van der Waals surface area contributed by atoms with Crippen LogP contribution in [0.3, 0.4) is 0 Å². The number of hydrogen-bond donors (Lipinski definition) is 1. The van der Waals surface area contributed by atoms with Gasteiger partial charge in [-0.2, -0.15) is 5.10 Å². The van der Waals surface area contributed by atoms with Crippen molar-refractivity contribution in [3.8, 4) is 0 Å². The van der Waals surface area contributed by atoms with E-state index >= 15 is 0 Å². The highest BCUT2D eigenvalue weighted by atomic mass is 79.9. The van der Waals surface area contributed by atoms with Crippen molar-refractivity contribution >= 4 is 31.9 Å². The summed E-state index contributed by atoms with van der Waals surface area (Å²) in [4.78, 5) is 0. The lowest BCUT2D eigenvalue weighted by Crippen LogP contribution is -2.08. The van der Waals surface area contributed by atoms with E-state index in [2.05, 4.69) is 37.0 Å². The normalized spacial score (nSPS) is 12.8. The summed E-state index contributed by atoms with van der Waals surface area (Å²) >= 11 is 6.44. The summed E-state index contributed by atoms with van der Waals surface area (Å²) in [6.07, 6.45) is 0.646. The summed E-state index contributed by atoms with van der Waals surface area (Å²) in [5.41, 5.74) is 1.05. The average molecular weight is 364 g/mol. The van der Waals surface area contributed by atoms with Crippen LogP contribution < -0.4 is 0 Å². The molecule has 17 heavy (non-hydrogen) atoms. The average Bonchev–Trinajstić information content (AvgIpc) is 2.62. The van der Waals surface area contributed by atoms with Gasteiger partial charge in [0.15, 0.2) is 0 Å². The third-order valence-electron chi connectivity index (χ3n) is 2.47. The van der Waals surface area contributed by atoms with Gasteiger partial charge in [0.1, 0.15) is 11.9 Å². The fourth-order valence-corrected chi connectivity index (χ4v) is 2.65. The topological polar surface area (TPSA) is 38.0 Å². The molecule has 6 heteroatoms. The zero-order valence-electron chi connectivity index (χ0n) is 8.86. The van der Waals surface area contributed by atoms with Crippen LogP contribution in [0.4, 0.5) is 4.39 Å². The van der Waals surface area contributed by atoms with Gasteiger partial charge in [0.25, 0.3) is 0 Å². The molecule has 0 saturated carbocycles. The first-order chi connectivity index (χ1) is 8.02. The standard InChI is InChI=1S/C11H9Br2FN2O/c1-16-10(7(12)5-15-16)11(17)6-3-2-4-8(14)9(6)13/h2-5,11,17H,1H3. The van der Waals surface area contributed by atoms with Crippen molar-refractivity contribution in [1.29, 1.82) is 0 Å². The summed E-state index contributed by atoms with van der Waals surface area (Å²) in [5, 5.41) is 14.3. The molecule has 1 heterocycles. The maximum atomic E-state index is 13.4. The van der Waals surface area contributed by atoms with E-state index in [0.29, 0.717) is 15.7 Å². The summed E-state index contributed by atoms with van der Waals surface area (Å²) in [6, 6.07) is 4.55. The van der Waals surface area contributed by atoms with Gasteiger partial charge in [-0.3, -0.25) is 4.68 Å². The number of benzene rings is 1. The minimum Gasteiger partial charge on any atom is -0.382 e. The Bertz CT molecular complexity index is 537. The van der Waals surface area contributed by atoms with Crippen LogP contribution in [0.5, 0.6) is 0 Å². The predicted molar refractivity (Wildman–Crippen MR) is 69.1 cm³/mol. The summed E-state index contributed by atoms with van der Waals surface area (Å²) in [7, 11) is 1.72. The summed E-state index contributed by atoms with van der Waals surface area (Å²) in [5.74, 6) is -0.403. The Morgan fingerprint density at radius 1 is 1.41 bits per heavy atom. The minimum absolute atomic E-state index is 0.264. The van der Waals surface area contributed by atoms with Gasteiger partial charge in [-0.1, -0.05) is 12.1 Å². The summed E-state index contributed by atoms with van der Waals surface area (Å²) in [6.45, 7) is 0. The lowest BCUT2D eigenvalue weighted by molar-refractivity contribution is 0.207. The van der Waals surface area contributed by atoms with E-state index in [1.54, 1.807) is 30.1 Å². The SMILES string of the molecule is Cn1ncc(Br)c1C(O)c1cccc(F)c1Br. The van der Waals surface area contributed by atoms with Gasteiger partial charge in [-0.05, 0) is 37.9 Å². The zero-order chi connectivity index (χ0) is 12.6. The van der Waals surface area contributed by atoms with Crippen molar-refractivity contribution < 1.29 is 9.50 Å². The lowest BCUT2D eigenvalue weighted by Gasteiger charge is -2.14. The molecule has 3 nitrogen and oxygen atoms in total. The Hall–Kier alpha value is -0.720. The Morgan fingerprint density at radius 3 is 2.71 bits per heavy atom. The van der Waals surface area contributed by atoms with Crippen LogP contribution in [0.2, 0.25) is 0 Å². The lowest BCUT2D eigenvalue weighted by atomic mass is 10.1. The van der Waals surface area contributed by atoms with Crippen LogP contribution in [0.1, 0.15) is 17.4 Å². The molecule has 0 aliphatic rings. The number of aryl methyl sites for hydroxylation is 1. The molecular weight excluding hydrogens is 355 g/mol. The smallest absolute Gasteiger partial charge is 0.137 e. The number of halogens is 3. The number of hydrogen-bond acceptors (Lipinski definition) is 2. The van der Waals surface area contributed by atoms with Gasteiger partial charge in [-0.25, -0.2) is 4.39 Å². The van der Waals surface area contributed by atoms with Crippen LogP contribution in [0.15, 0.2) is 33.3 Å². The van der Waals surface area contributed by atoms with Crippen LogP contribution in [0, 0.1) is 5.82 Å². The molecule has 0 radical (unpaired) electrons. The molecule has 0 spiro atoms. The molecule has 0 saturated heterocycles. The fourth-order valence-electron chi connectivity index (χ4n) is 1.61. The Kier molecular flexibility index (Phi) is 3.65. The van der Waals surface area contributed by atoms with Crippen molar-refractivity contribution in [3.63, 3.8) is 0 Å². The monoisotopic (exact) mass is 362 g/mol.